The summed E-state index contributed by atoms with van der Waals surface area (Å²) in [5.41, 5.74) is 0.504. The summed E-state index contributed by atoms with van der Waals surface area (Å²) in [6.07, 6.45) is 1.15. The van der Waals surface area contributed by atoms with Crippen LogP contribution in [0.4, 0.5) is 0 Å². The summed E-state index contributed by atoms with van der Waals surface area (Å²) in [5.74, 6) is -0.657. The van der Waals surface area contributed by atoms with Crippen molar-refractivity contribution in [2.75, 3.05) is 14.0 Å². The van der Waals surface area contributed by atoms with Gasteiger partial charge in [-0.2, -0.15) is 0 Å². The number of aliphatic hydroxyl groups is 1. The first-order valence-corrected chi connectivity index (χ1v) is 7.53. The smallest absolute Gasteiger partial charge is 0.339 e. The fraction of sp³-hybridized carbons (Fsp3) is 0.588. The third kappa shape index (κ3) is 3.31. The van der Waals surface area contributed by atoms with Gasteiger partial charge >= 0.3 is 5.97 Å². The number of nitrogens with zero attached hydrogens (tertiary/aromatic N) is 1. The van der Waals surface area contributed by atoms with E-state index in [1.807, 2.05) is 6.07 Å². The number of piperidine rings is 1. The molecule has 5 heteroatoms. The van der Waals surface area contributed by atoms with E-state index in [4.69, 9.17) is 8.85 Å². The third-order valence-corrected chi connectivity index (χ3v) is 5.04. The number of carbonyl (C=O) groups is 1. The van der Waals surface area contributed by atoms with E-state index in [9.17, 15) is 9.90 Å². The summed E-state index contributed by atoms with van der Waals surface area (Å²) in [5, 5.41) is 10.1. The van der Waals surface area contributed by atoms with Gasteiger partial charge in [0.2, 0.25) is 0 Å². The Morgan fingerprint density at radius 2 is 1.91 bits per heavy atom. The number of esters is 1. The van der Waals surface area contributed by atoms with E-state index >= 15 is 0 Å². The number of carbonyl (C=O) groups excluding carboxylic acids is 1. The fourth-order valence-corrected chi connectivity index (χ4v) is 3.69. The molecule has 2 fully saturated rings. The molecule has 0 amide bonds. The molecule has 3 atom stereocenters. The molecule has 122 valence electrons. The van der Waals surface area contributed by atoms with Crippen LogP contribution < -0.4 is 24.0 Å². The normalized spacial score (nSPS) is 37.2. The van der Waals surface area contributed by atoms with Crippen molar-refractivity contribution in [2.45, 2.75) is 50.0 Å². The molecular formula is C17H24INO3. The Labute approximate surface area is 153 Å². The van der Waals surface area contributed by atoms with E-state index in [1.54, 1.807) is 31.3 Å². The number of hydrogen-bond donors (Lipinski definition) is 1. The van der Waals surface area contributed by atoms with Crippen molar-refractivity contribution in [3.8, 4) is 0 Å². The summed E-state index contributed by atoms with van der Waals surface area (Å²) in [6.45, 7) is -2.05. The van der Waals surface area contributed by atoms with Crippen molar-refractivity contribution >= 4 is 5.97 Å². The van der Waals surface area contributed by atoms with E-state index in [1.165, 1.54) is 0 Å². The Morgan fingerprint density at radius 3 is 2.45 bits per heavy atom. The number of benzene rings is 1. The summed E-state index contributed by atoms with van der Waals surface area (Å²) < 4.78 is 29.2. The van der Waals surface area contributed by atoms with E-state index in [2.05, 4.69) is 0 Å². The minimum absolute atomic E-state index is 0. The molecule has 0 saturated carbocycles. The average molecular weight is 420 g/mol. The number of quaternary nitrogens is 1. The van der Waals surface area contributed by atoms with Gasteiger partial charge in [0, 0.05) is 25.7 Å². The van der Waals surface area contributed by atoms with Gasteiger partial charge in [0.05, 0.1) is 30.2 Å². The lowest BCUT2D eigenvalue weighted by Gasteiger charge is -2.43. The zero-order chi connectivity index (χ0) is 17.5. The first kappa shape index (κ1) is 13.7. The molecule has 1 aromatic rings. The lowest BCUT2D eigenvalue weighted by atomic mass is 9.97. The maximum atomic E-state index is 12.2. The number of rotatable bonds is 3. The second kappa shape index (κ2) is 6.84. The molecular weight excluding hydrogens is 393 g/mol. The predicted molar refractivity (Wildman–Crippen MR) is 79.4 cm³/mol. The van der Waals surface area contributed by atoms with E-state index in [-0.39, 0.29) is 46.6 Å². The highest BCUT2D eigenvalue weighted by Crippen LogP contribution is 2.40. The van der Waals surface area contributed by atoms with Crippen LogP contribution in [0.5, 0.6) is 0 Å². The van der Waals surface area contributed by atoms with E-state index in [0.717, 1.165) is 12.8 Å². The Morgan fingerprint density at radius 1 is 1.32 bits per heavy atom. The molecule has 3 unspecified atom stereocenters. The fourth-order valence-electron chi connectivity index (χ4n) is 3.69. The maximum absolute atomic E-state index is 12.2. The van der Waals surface area contributed by atoms with Crippen LogP contribution in [0, 0.1) is 0 Å². The molecule has 1 aromatic carbocycles. The zero-order valence-electron chi connectivity index (χ0n) is 15.6. The number of hydrogen-bond acceptors (Lipinski definition) is 3. The molecule has 2 aliphatic heterocycles. The van der Waals surface area contributed by atoms with Gasteiger partial charge in [-0.1, -0.05) is 30.3 Å². The molecule has 0 spiro atoms. The summed E-state index contributed by atoms with van der Waals surface area (Å²) >= 11 is 0. The molecule has 3 rings (SSSR count). The van der Waals surface area contributed by atoms with Crippen molar-refractivity contribution in [1.29, 1.82) is 0 Å². The van der Waals surface area contributed by atoms with Crippen molar-refractivity contribution in [3.63, 3.8) is 0 Å². The lowest BCUT2D eigenvalue weighted by Crippen LogP contribution is -3.00. The SMILES string of the molecule is [2H]C([2H])([2H])[N+]1(C)C2CCC1CC(OC(=O)C(O)c1ccccc1)C2.[I-]. The highest BCUT2D eigenvalue weighted by atomic mass is 127. The minimum Gasteiger partial charge on any atom is -1.00 e. The number of halogens is 1. The van der Waals surface area contributed by atoms with Crippen LogP contribution in [0.15, 0.2) is 30.3 Å². The van der Waals surface area contributed by atoms with Crippen LogP contribution in [-0.2, 0) is 9.53 Å². The molecule has 4 nitrogen and oxygen atoms in total. The average Bonchev–Trinajstić information content (AvgIpc) is 2.73. The van der Waals surface area contributed by atoms with Crippen LogP contribution in [-0.4, -0.2) is 47.8 Å². The van der Waals surface area contributed by atoms with Gasteiger partial charge in [-0.3, -0.25) is 0 Å². The molecule has 22 heavy (non-hydrogen) atoms. The molecule has 0 aliphatic carbocycles. The molecule has 2 aliphatic rings. The molecule has 2 heterocycles. The summed E-state index contributed by atoms with van der Waals surface area (Å²) in [6, 6.07) is 8.63. The Balaban J connectivity index is 0.00000225. The molecule has 0 radical (unpaired) electrons. The number of ether oxygens (including phenoxy) is 1. The summed E-state index contributed by atoms with van der Waals surface area (Å²) in [7, 11) is 1.80. The first-order chi connectivity index (χ1) is 11.2. The Hall–Kier alpha value is -0.660. The van der Waals surface area contributed by atoms with Crippen LogP contribution in [0.1, 0.15) is 41.5 Å². The molecule has 1 N–H and O–H groups in total. The van der Waals surface area contributed by atoms with Crippen molar-refractivity contribution in [3.05, 3.63) is 35.9 Å². The predicted octanol–water partition coefficient (Wildman–Crippen LogP) is -0.963. The number of aliphatic hydroxyl groups excluding tert-OH is 1. The van der Waals surface area contributed by atoms with Gasteiger partial charge in [-0.15, -0.1) is 0 Å². The van der Waals surface area contributed by atoms with Gasteiger partial charge in [0.15, 0.2) is 6.10 Å². The summed E-state index contributed by atoms with van der Waals surface area (Å²) in [4.78, 5) is 12.2. The standard InChI is InChI=1S/C17H24NO3.HI/c1-18(2)13-8-9-14(18)11-15(10-13)21-17(20)16(19)12-6-4-3-5-7-12;/h3-7,13-16,19H,8-11H2,1-2H3;1H/q+1;/p-1/i1D3;. The van der Waals surface area contributed by atoms with Gasteiger partial charge < -0.3 is 38.3 Å². The van der Waals surface area contributed by atoms with E-state index < -0.39 is 19.0 Å². The van der Waals surface area contributed by atoms with Gasteiger partial charge in [0.1, 0.15) is 6.10 Å². The number of fused-ring (bicyclic) bond motifs is 2. The molecule has 0 aromatic heterocycles. The topological polar surface area (TPSA) is 46.5 Å². The first-order valence-electron chi connectivity index (χ1n) is 9.03. The highest BCUT2D eigenvalue weighted by Gasteiger charge is 2.50. The third-order valence-electron chi connectivity index (χ3n) is 5.04. The lowest BCUT2D eigenvalue weighted by molar-refractivity contribution is -0.931. The van der Waals surface area contributed by atoms with Gasteiger partial charge in [-0.05, 0) is 5.56 Å². The Kier molecular flexibility index (Phi) is 4.28. The largest absolute Gasteiger partial charge is 1.00 e. The Bertz CT molecular complexity index is 597. The van der Waals surface area contributed by atoms with Crippen LogP contribution in [0.2, 0.25) is 0 Å². The van der Waals surface area contributed by atoms with Crippen molar-refractivity contribution < 1.29 is 47.2 Å². The second-order valence-corrected chi connectivity index (χ2v) is 6.38. The van der Waals surface area contributed by atoms with Crippen LogP contribution in [0.3, 0.4) is 0 Å². The van der Waals surface area contributed by atoms with E-state index in [0.29, 0.717) is 18.4 Å². The van der Waals surface area contributed by atoms with Crippen LogP contribution >= 0.6 is 0 Å². The maximum Gasteiger partial charge on any atom is 0.339 e. The van der Waals surface area contributed by atoms with Crippen LogP contribution in [0.25, 0.3) is 0 Å². The van der Waals surface area contributed by atoms with Gasteiger partial charge in [-0.25, -0.2) is 4.79 Å². The molecule has 2 saturated heterocycles. The minimum atomic E-state index is -2.05. The van der Waals surface area contributed by atoms with Gasteiger partial charge in [0.25, 0.3) is 0 Å². The monoisotopic (exact) mass is 420 g/mol. The highest BCUT2D eigenvalue weighted by molar-refractivity contribution is 5.76. The molecule has 2 bridgehead atoms. The van der Waals surface area contributed by atoms with Crippen molar-refractivity contribution in [2.24, 2.45) is 0 Å². The quantitative estimate of drug-likeness (QED) is 0.389. The zero-order valence-corrected chi connectivity index (χ0v) is 14.8. The second-order valence-electron chi connectivity index (χ2n) is 6.38. The van der Waals surface area contributed by atoms with Crippen molar-refractivity contribution in [1.82, 2.24) is 0 Å².